The average molecular weight is 326 g/mol. The summed E-state index contributed by atoms with van der Waals surface area (Å²) in [5, 5.41) is 0. The number of benzene rings is 1. The fourth-order valence-electron chi connectivity index (χ4n) is 1.31. The van der Waals surface area contributed by atoms with Crippen molar-refractivity contribution in [3.63, 3.8) is 0 Å². The molecule has 0 amide bonds. The van der Waals surface area contributed by atoms with Crippen LogP contribution < -0.4 is 0 Å². The summed E-state index contributed by atoms with van der Waals surface area (Å²) >= 11 is 0. The lowest BCUT2D eigenvalue weighted by molar-refractivity contribution is 0.198. The Morgan fingerprint density at radius 1 is 1.10 bits per heavy atom. The third kappa shape index (κ3) is 4.96. The van der Waals surface area contributed by atoms with Gasteiger partial charge in [-0.3, -0.25) is 8.75 Å². The minimum atomic E-state index is -4.15. The summed E-state index contributed by atoms with van der Waals surface area (Å²) in [7, 11) is -7.77. The Morgan fingerprint density at radius 2 is 1.60 bits per heavy atom. The van der Waals surface area contributed by atoms with Crippen LogP contribution in [0.5, 0.6) is 0 Å². The Bertz CT molecular complexity index is 561. The highest BCUT2D eigenvalue weighted by atomic mass is 32.2. The summed E-state index contributed by atoms with van der Waals surface area (Å²) in [5.41, 5.74) is 0. The molecule has 0 bridgehead atoms. The third-order valence-electron chi connectivity index (χ3n) is 2.12. The van der Waals surface area contributed by atoms with E-state index in [-0.39, 0.29) is 18.1 Å². The second-order valence-corrected chi connectivity index (χ2v) is 7.21. The van der Waals surface area contributed by atoms with Crippen LogP contribution in [0, 0.1) is 5.82 Å². The molecule has 0 N–H and O–H groups in total. The van der Waals surface area contributed by atoms with E-state index in [0.717, 1.165) is 24.3 Å². The molecule has 0 fully saturated rings. The molecule has 0 spiro atoms. The van der Waals surface area contributed by atoms with Gasteiger partial charge in [0.1, 0.15) is 5.82 Å². The van der Waals surface area contributed by atoms with Gasteiger partial charge in [0.05, 0.1) is 18.1 Å². The van der Waals surface area contributed by atoms with Gasteiger partial charge in [0.2, 0.25) is 0 Å². The molecule has 0 radical (unpaired) electrons. The van der Waals surface area contributed by atoms with Gasteiger partial charge in [0.25, 0.3) is 10.1 Å². The van der Waals surface area contributed by atoms with Gasteiger partial charge in [-0.05, 0) is 38.1 Å². The molecular formula is C11H16FO6PS. The zero-order valence-electron chi connectivity index (χ0n) is 11.1. The largest absolute Gasteiger partial charge is 0.357 e. The van der Waals surface area contributed by atoms with Crippen LogP contribution in [-0.2, 0) is 27.9 Å². The predicted octanol–water partition coefficient (Wildman–Crippen LogP) is 2.75. The van der Waals surface area contributed by atoms with Gasteiger partial charge in [-0.2, -0.15) is 8.42 Å². The Balaban J connectivity index is 2.81. The summed E-state index contributed by atoms with van der Waals surface area (Å²) in [6, 6.07) is 4.08. The van der Waals surface area contributed by atoms with Gasteiger partial charge in [-0.1, -0.05) is 0 Å². The maximum Gasteiger partial charge on any atom is 0.357 e. The molecule has 6 nitrogen and oxygen atoms in total. The van der Waals surface area contributed by atoms with Crippen molar-refractivity contribution in [2.24, 2.45) is 0 Å². The van der Waals surface area contributed by atoms with Crippen molar-refractivity contribution in [1.82, 2.24) is 0 Å². The SMILES string of the molecule is CCOP(=O)(COS(=O)(=O)c1ccc(F)cc1)OCC. The van der Waals surface area contributed by atoms with E-state index in [0.29, 0.717) is 0 Å². The summed E-state index contributed by atoms with van der Waals surface area (Å²) in [5.74, 6) is -0.571. The van der Waals surface area contributed by atoms with Gasteiger partial charge >= 0.3 is 7.60 Å². The highest BCUT2D eigenvalue weighted by Crippen LogP contribution is 2.48. The van der Waals surface area contributed by atoms with Crippen LogP contribution in [0.3, 0.4) is 0 Å². The first-order valence-corrected chi connectivity index (χ1v) is 8.99. The maximum absolute atomic E-state index is 12.7. The second kappa shape index (κ2) is 7.28. The molecule has 0 aliphatic rings. The molecule has 1 aromatic carbocycles. The lowest BCUT2D eigenvalue weighted by atomic mass is 10.4. The van der Waals surface area contributed by atoms with Crippen LogP contribution in [0.1, 0.15) is 13.8 Å². The topological polar surface area (TPSA) is 78.9 Å². The molecule has 0 aliphatic carbocycles. The summed E-state index contributed by atoms with van der Waals surface area (Å²) in [6.45, 7) is 3.38. The molecule has 0 heterocycles. The summed E-state index contributed by atoms with van der Waals surface area (Å²) in [6.07, 6.45) is -0.728. The van der Waals surface area contributed by atoms with E-state index in [1.807, 2.05) is 0 Å². The Hall–Kier alpha value is -0.790. The highest BCUT2D eigenvalue weighted by Gasteiger charge is 2.28. The molecule has 9 heteroatoms. The molecule has 114 valence electrons. The van der Waals surface area contributed by atoms with Crippen LogP contribution in [-0.4, -0.2) is 28.0 Å². The van der Waals surface area contributed by atoms with Crippen molar-refractivity contribution in [2.45, 2.75) is 18.7 Å². The quantitative estimate of drug-likeness (QED) is 0.540. The zero-order chi connectivity index (χ0) is 15.2. The van der Waals surface area contributed by atoms with Crippen LogP contribution in [0.15, 0.2) is 29.2 Å². The monoisotopic (exact) mass is 326 g/mol. The normalized spacial score (nSPS) is 12.6. The molecule has 0 aliphatic heterocycles. The minimum Gasteiger partial charge on any atom is -0.307 e. The predicted molar refractivity (Wildman–Crippen MR) is 70.4 cm³/mol. The molecule has 0 aromatic heterocycles. The van der Waals surface area contributed by atoms with Gasteiger partial charge in [-0.25, -0.2) is 4.39 Å². The van der Waals surface area contributed by atoms with Gasteiger partial charge in [-0.15, -0.1) is 0 Å². The minimum absolute atomic E-state index is 0.0945. The molecule has 0 saturated heterocycles. The first-order valence-electron chi connectivity index (χ1n) is 5.86. The molecule has 1 rings (SSSR count). The average Bonchev–Trinajstić information content (AvgIpc) is 2.38. The first kappa shape index (κ1) is 17.3. The van der Waals surface area contributed by atoms with Crippen LogP contribution >= 0.6 is 7.60 Å². The lowest BCUT2D eigenvalue weighted by Gasteiger charge is -2.16. The van der Waals surface area contributed by atoms with Crippen molar-refractivity contribution in [3.05, 3.63) is 30.1 Å². The lowest BCUT2D eigenvalue weighted by Crippen LogP contribution is -2.10. The molecule has 1 aromatic rings. The van der Waals surface area contributed by atoms with Crippen LogP contribution in [0.2, 0.25) is 0 Å². The zero-order valence-corrected chi connectivity index (χ0v) is 12.8. The van der Waals surface area contributed by atoms with Crippen molar-refractivity contribution in [1.29, 1.82) is 0 Å². The van der Waals surface area contributed by atoms with Gasteiger partial charge < -0.3 is 9.05 Å². The van der Waals surface area contributed by atoms with Gasteiger partial charge in [0.15, 0.2) is 6.35 Å². The fourth-order valence-corrected chi connectivity index (χ4v) is 4.00. The van der Waals surface area contributed by atoms with E-state index in [4.69, 9.17) is 9.05 Å². The summed E-state index contributed by atoms with van der Waals surface area (Å²) in [4.78, 5) is -0.238. The Labute approximate surface area is 117 Å². The van der Waals surface area contributed by atoms with Crippen LogP contribution in [0.25, 0.3) is 0 Å². The molecular weight excluding hydrogens is 310 g/mol. The standard InChI is InChI=1S/C11H16FO6PS/c1-3-16-19(13,17-4-2)9-18-20(14,15)11-7-5-10(12)6-8-11/h5-8H,3-4,9H2,1-2H3. The number of hydrogen-bond donors (Lipinski definition) is 0. The van der Waals surface area contributed by atoms with E-state index in [9.17, 15) is 17.4 Å². The van der Waals surface area contributed by atoms with Crippen molar-refractivity contribution >= 4 is 17.7 Å². The van der Waals surface area contributed by atoms with E-state index in [1.54, 1.807) is 13.8 Å². The maximum atomic E-state index is 12.7. The van der Waals surface area contributed by atoms with Crippen molar-refractivity contribution in [2.75, 3.05) is 19.6 Å². The summed E-state index contributed by atoms with van der Waals surface area (Å²) < 4.78 is 62.9. The van der Waals surface area contributed by atoms with E-state index < -0.39 is 29.9 Å². The van der Waals surface area contributed by atoms with E-state index in [2.05, 4.69) is 4.18 Å². The first-order chi connectivity index (χ1) is 9.33. The Kier molecular flexibility index (Phi) is 6.29. The second-order valence-electron chi connectivity index (χ2n) is 3.60. The molecule has 0 unspecified atom stereocenters. The van der Waals surface area contributed by atoms with E-state index >= 15 is 0 Å². The van der Waals surface area contributed by atoms with Crippen molar-refractivity contribution < 1.29 is 30.6 Å². The number of rotatable bonds is 8. The van der Waals surface area contributed by atoms with Gasteiger partial charge in [0, 0.05) is 0 Å². The molecule has 20 heavy (non-hydrogen) atoms. The Morgan fingerprint density at radius 3 is 2.05 bits per heavy atom. The number of halogens is 1. The smallest absolute Gasteiger partial charge is 0.307 e. The molecule has 0 atom stereocenters. The van der Waals surface area contributed by atoms with Crippen molar-refractivity contribution in [3.8, 4) is 0 Å². The number of hydrogen-bond acceptors (Lipinski definition) is 6. The highest BCUT2D eigenvalue weighted by molar-refractivity contribution is 7.87. The van der Waals surface area contributed by atoms with E-state index in [1.165, 1.54) is 0 Å². The fraction of sp³-hybridized carbons (Fsp3) is 0.455. The van der Waals surface area contributed by atoms with Crippen LogP contribution in [0.4, 0.5) is 4.39 Å². The third-order valence-corrected chi connectivity index (χ3v) is 5.32. The molecule has 0 saturated carbocycles.